The highest BCUT2D eigenvalue weighted by Gasteiger charge is 2.31. The van der Waals surface area contributed by atoms with E-state index in [0.717, 1.165) is 4.90 Å². The molecule has 0 saturated carbocycles. The summed E-state index contributed by atoms with van der Waals surface area (Å²) in [5.74, 6) is 0.245. The standard InChI is InChI=1S/C12H13F3N4O2/c13-12(14,15)8-19(5-6-20)7-10-17-11(18-21-10)9-3-1-2-4-16-9/h1-4,20H,5-8H2. The van der Waals surface area contributed by atoms with Crippen LogP contribution in [-0.4, -0.2) is 51.0 Å². The number of aliphatic hydroxyl groups excluding tert-OH is 1. The maximum Gasteiger partial charge on any atom is 0.401 e. The average molecular weight is 302 g/mol. The molecule has 2 heterocycles. The number of halogens is 3. The Hall–Kier alpha value is -2.00. The molecule has 0 fully saturated rings. The lowest BCUT2D eigenvalue weighted by Crippen LogP contribution is -2.35. The second-order valence-corrected chi connectivity index (χ2v) is 4.28. The van der Waals surface area contributed by atoms with Gasteiger partial charge >= 0.3 is 6.18 Å². The van der Waals surface area contributed by atoms with Crippen LogP contribution in [0.25, 0.3) is 11.5 Å². The fourth-order valence-electron chi connectivity index (χ4n) is 1.72. The van der Waals surface area contributed by atoms with E-state index in [1.165, 1.54) is 0 Å². The second-order valence-electron chi connectivity index (χ2n) is 4.28. The third-order valence-electron chi connectivity index (χ3n) is 2.54. The van der Waals surface area contributed by atoms with E-state index in [1.807, 2.05) is 0 Å². The fourth-order valence-corrected chi connectivity index (χ4v) is 1.72. The highest BCUT2D eigenvalue weighted by Crippen LogP contribution is 2.18. The molecule has 0 unspecified atom stereocenters. The Morgan fingerprint density at radius 3 is 2.71 bits per heavy atom. The lowest BCUT2D eigenvalue weighted by molar-refractivity contribution is -0.148. The number of hydrogen-bond acceptors (Lipinski definition) is 6. The summed E-state index contributed by atoms with van der Waals surface area (Å²) in [5, 5.41) is 12.5. The predicted octanol–water partition coefficient (Wildman–Crippen LogP) is 1.49. The van der Waals surface area contributed by atoms with E-state index in [9.17, 15) is 13.2 Å². The molecule has 0 aliphatic rings. The van der Waals surface area contributed by atoms with Crippen molar-refractivity contribution in [2.45, 2.75) is 12.7 Å². The summed E-state index contributed by atoms with van der Waals surface area (Å²) in [6, 6.07) is 5.12. The number of hydrogen-bond donors (Lipinski definition) is 1. The molecule has 1 N–H and O–H groups in total. The summed E-state index contributed by atoms with van der Waals surface area (Å²) in [5.41, 5.74) is 0.469. The van der Waals surface area contributed by atoms with Crippen molar-refractivity contribution in [1.82, 2.24) is 20.0 Å². The summed E-state index contributed by atoms with van der Waals surface area (Å²) in [7, 11) is 0. The normalized spacial score (nSPS) is 12.0. The third-order valence-corrected chi connectivity index (χ3v) is 2.54. The van der Waals surface area contributed by atoms with Crippen LogP contribution in [-0.2, 0) is 6.54 Å². The van der Waals surface area contributed by atoms with Gasteiger partial charge < -0.3 is 9.63 Å². The lowest BCUT2D eigenvalue weighted by Gasteiger charge is -2.20. The fraction of sp³-hybridized carbons (Fsp3) is 0.417. The highest BCUT2D eigenvalue weighted by atomic mass is 19.4. The molecule has 6 nitrogen and oxygen atoms in total. The molecule has 21 heavy (non-hydrogen) atoms. The van der Waals surface area contributed by atoms with Crippen LogP contribution in [0.2, 0.25) is 0 Å². The van der Waals surface area contributed by atoms with Crippen LogP contribution in [0.15, 0.2) is 28.9 Å². The molecule has 2 aromatic heterocycles. The third kappa shape index (κ3) is 4.80. The Morgan fingerprint density at radius 2 is 2.10 bits per heavy atom. The van der Waals surface area contributed by atoms with E-state index in [-0.39, 0.29) is 24.8 Å². The van der Waals surface area contributed by atoms with Gasteiger partial charge in [-0.1, -0.05) is 11.2 Å². The topological polar surface area (TPSA) is 75.3 Å². The van der Waals surface area contributed by atoms with Gasteiger partial charge in [0.1, 0.15) is 5.69 Å². The van der Waals surface area contributed by atoms with Crippen molar-refractivity contribution in [2.24, 2.45) is 0 Å². The molecule has 0 bridgehead atoms. The summed E-state index contributed by atoms with van der Waals surface area (Å²) in [4.78, 5) is 9.00. The van der Waals surface area contributed by atoms with Crippen molar-refractivity contribution < 1.29 is 22.8 Å². The SMILES string of the molecule is OCCN(Cc1nc(-c2ccccn2)no1)CC(F)(F)F. The zero-order valence-electron chi connectivity index (χ0n) is 10.9. The minimum atomic E-state index is -4.36. The predicted molar refractivity (Wildman–Crippen MR) is 65.9 cm³/mol. The largest absolute Gasteiger partial charge is 0.401 e. The van der Waals surface area contributed by atoms with E-state index < -0.39 is 19.3 Å². The van der Waals surface area contributed by atoms with E-state index in [0.29, 0.717) is 5.69 Å². The molecule has 0 saturated heterocycles. The van der Waals surface area contributed by atoms with Crippen LogP contribution in [0.1, 0.15) is 5.89 Å². The summed E-state index contributed by atoms with van der Waals surface area (Å²) in [6.07, 6.45) is -2.81. The minimum absolute atomic E-state index is 0.0355. The van der Waals surface area contributed by atoms with Gasteiger partial charge in [0.15, 0.2) is 0 Å². The van der Waals surface area contributed by atoms with Gasteiger partial charge in [-0.15, -0.1) is 0 Å². The Labute approximate surface area is 118 Å². The zero-order valence-corrected chi connectivity index (χ0v) is 10.9. The molecule has 114 valence electrons. The number of aliphatic hydroxyl groups is 1. The van der Waals surface area contributed by atoms with Gasteiger partial charge in [0.2, 0.25) is 11.7 Å². The molecule has 2 rings (SSSR count). The zero-order chi connectivity index (χ0) is 15.3. The number of aromatic nitrogens is 3. The molecule has 0 aromatic carbocycles. The van der Waals surface area contributed by atoms with Crippen LogP contribution < -0.4 is 0 Å². The van der Waals surface area contributed by atoms with Crippen LogP contribution in [0.5, 0.6) is 0 Å². The van der Waals surface area contributed by atoms with Crippen LogP contribution in [0.4, 0.5) is 13.2 Å². The second kappa shape index (κ2) is 6.64. The number of alkyl halides is 3. The molecule has 0 aliphatic carbocycles. The first kappa shape index (κ1) is 15.4. The molecular weight excluding hydrogens is 289 g/mol. The van der Waals surface area contributed by atoms with Gasteiger partial charge in [-0.3, -0.25) is 9.88 Å². The number of nitrogens with zero attached hydrogens (tertiary/aromatic N) is 4. The van der Waals surface area contributed by atoms with E-state index in [1.54, 1.807) is 24.4 Å². The Balaban J connectivity index is 2.06. The van der Waals surface area contributed by atoms with Gasteiger partial charge in [-0.2, -0.15) is 18.2 Å². The van der Waals surface area contributed by atoms with E-state index in [4.69, 9.17) is 9.63 Å². The first-order valence-corrected chi connectivity index (χ1v) is 6.12. The van der Waals surface area contributed by atoms with Crippen LogP contribution in [0.3, 0.4) is 0 Å². The van der Waals surface area contributed by atoms with Gasteiger partial charge in [-0.25, -0.2) is 0 Å². The first-order chi connectivity index (χ1) is 9.98. The smallest absolute Gasteiger partial charge is 0.395 e. The average Bonchev–Trinajstić information content (AvgIpc) is 2.87. The monoisotopic (exact) mass is 302 g/mol. The van der Waals surface area contributed by atoms with Crippen molar-refractivity contribution >= 4 is 0 Å². The van der Waals surface area contributed by atoms with E-state index in [2.05, 4.69) is 15.1 Å². The van der Waals surface area contributed by atoms with E-state index >= 15 is 0 Å². The minimum Gasteiger partial charge on any atom is -0.395 e. The van der Waals surface area contributed by atoms with Crippen molar-refractivity contribution in [3.63, 3.8) is 0 Å². The summed E-state index contributed by atoms with van der Waals surface area (Å²) in [6.45, 7) is -1.88. The number of rotatable bonds is 6. The summed E-state index contributed by atoms with van der Waals surface area (Å²) < 4.78 is 42.1. The van der Waals surface area contributed by atoms with Gasteiger partial charge in [0, 0.05) is 12.7 Å². The molecule has 0 aliphatic heterocycles. The van der Waals surface area contributed by atoms with Crippen molar-refractivity contribution in [3.8, 4) is 11.5 Å². The Kier molecular flexibility index (Phi) is 4.86. The maximum atomic E-state index is 12.4. The van der Waals surface area contributed by atoms with Gasteiger partial charge in [0.25, 0.3) is 0 Å². The number of pyridine rings is 1. The van der Waals surface area contributed by atoms with Gasteiger partial charge in [-0.05, 0) is 12.1 Å². The summed E-state index contributed by atoms with van der Waals surface area (Å²) >= 11 is 0. The van der Waals surface area contributed by atoms with Crippen LogP contribution >= 0.6 is 0 Å². The molecule has 0 amide bonds. The Morgan fingerprint density at radius 1 is 1.29 bits per heavy atom. The van der Waals surface area contributed by atoms with Crippen molar-refractivity contribution in [3.05, 3.63) is 30.3 Å². The molecule has 0 atom stereocenters. The molecule has 0 spiro atoms. The molecule has 2 aromatic rings. The first-order valence-electron chi connectivity index (χ1n) is 6.12. The van der Waals surface area contributed by atoms with Gasteiger partial charge in [0.05, 0.1) is 19.7 Å². The molecule has 0 radical (unpaired) electrons. The quantitative estimate of drug-likeness (QED) is 0.871. The highest BCUT2D eigenvalue weighted by molar-refractivity contribution is 5.46. The lowest BCUT2D eigenvalue weighted by atomic mass is 10.3. The Bertz CT molecular complexity index is 559. The molecular formula is C12H13F3N4O2. The maximum absolute atomic E-state index is 12.4. The van der Waals surface area contributed by atoms with Crippen LogP contribution in [0, 0.1) is 0 Å². The van der Waals surface area contributed by atoms with Crippen molar-refractivity contribution in [1.29, 1.82) is 0 Å². The van der Waals surface area contributed by atoms with Crippen molar-refractivity contribution in [2.75, 3.05) is 19.7 Å². The molecule has 9 heteroatoms.